The molecular weight excluding hydrogens is 202 g/mol. The Hall–Kier alpha value is -0.480. The van der Waals surface area contributed by atoms with Gasteiger partial charge in [-0.25, -0.2) is 4.98 Å². The summed E-state index contributed by atoms with van der Waals surface area (Å²) < 4.78 is 1.13. The molecule has 0 unspecified atom stereocenters. The van der Waals surface area contributed by atoms with E-state index in [0.29, 0.717) is 5.69 Å². The number of aliphatic hydroxyl groups is 1. The third-order valence-electron chi connectivity index (χ3n) is 1.17. The number of aromatic nitrogens is 1. The van der Waals surface area contributed by atoms with E-state index in [2.05, 4.69) is 32.3 Å². The molecule has 0 amide bonds. The molecule has 0 atom stereocenters. The lowest BCUT2D eigenvalue weighted by Gasteiger charge is -2.14. The van der Waals surface area contributed by atoms with Gasteiger partial charge < -0.3 is 5.11 Å². The number of thioether (sulfide) groups is 1. The van der Waals surface area contributed by atoms with Gasteiger partial charge in [-0.15, -0.1) is 11.3 Å². The number of hydrogen-bond donors (Lipinski definition) is 1. The maximum absolute atomic E-state index is 9.08. The summed E-state index contributed by atoms with van der Waals surface area (Å²) in [6.45, 7) is 9.82. The van der Waals surface area contributed by atoms with Crippen LogP contribution in [0.2, 0.25) is 0 Å². The van der Waals surface area contributed by atoms with E-state index in [4.69, 9.17) is 5.11 Å². The summed E-state index contributed by atoms with van der Waals surface area (Å²) in [5.41, 5.74) is 0.580. The van der Waals surface area contributed by atoms with Crippen molar-refractivity contribution >= 4 is 28.9 Å². The lowest BCUT2D eigenvalue weighted by atomic mass is 10.3. The molecule has 1 heterocycles. The monoisotopic (exact) mass is 215 g/mol. The molecule has 1 aromatic rings. The molecule has 72 valence electrons. The summed E-state index contributed by atoms with van der Waals surface area (Å²) in [6.07, 6.45) is 0. The van der Waals surface area contributed by atoms with Crippen molar-refractivity contribution in [3.05, 3.63) is 17.7 Å². The number of hydrogen-bond acceptors (Lipinski definition) is 4. The zero-order valence-corrected chi connectivity index (χ0v) is 9.63. The third-order valence-corrected chi connectivity index (χ3v) is 3.22. The van der Waals surface area contributed by atoms with E-state index >= 15 is 0 Å². The van der Waals surface area contributed by atoms with Crippen molar-refractivity contribution < 1.29 is 5.11 Å². The number of nitrogens with zero attached hydrogens (tertiary/aromatic N) is 1. The molecule has 0 spiro atoms. The minimum atomic E-state index is 0.0389. The van der Waals surface area contributed by atoms with E-state index in [1.807, 2.05) is 5.38 Å². The van der Waals surface area contributed by atoms with Gasteiger partial charge in [0, 0.05) is 10.1 Å². The number of aliphatic hydroxyl groups excluding tert-OH is 1. The second-order valence-corrected chi connectivity index (χ2v) is 6.59. The average Bonchev–Trinajstić information content (AvgIpc) is 2.31. The molecular formula is C9H13NOS2. The van der Waals surface area contributed by atoms with Crippen LogP contribution in [0.4, 0.5) is 0 Å². The van der Waals surface area contributed by atoms with Crippen LogP contribution in [0.15, 0.2) is 16.3 Å². The van der Waals surface area contributed by atoms with Gasteiger partial charge in [0.25, 0.3) is 0 Å². The Morgan fingerprint density at radius 1 is 1.62 bits per heavy atom. The Bertz CT molecular complexity index is 312. The Kier molecular flexibility index (Phi) is 3.03. The van der Waals surface area contributed by atoms with Crippen molar-refractivity contribution in [1.82, 2.24) is 4.98 Å². The first-order valence-corrected chi connectivity index (χ1v) is 5.61. The van der Waals surface area contributed by atoms with E-state index in [1.54, 1.807) is 11.8 Å². The molecule has 0 aliphatic carbocycles. The van der Waals surface area contributed by atoms with Crippen molar-refractivity contribution in [2.45, 2.75) is 29.9 Å². The molecule has 0 aromatic carbocycles. The fourth-order valence-electron chi connectivity index (χ4n) is 0.699. The summed E-state index contributed by atoms with van der Waals surface area (Å²) in [5, 5.41) is 10.9. The summed E-state index contributed by atoms with van der Waals surface area (Å²) >= 11 is 3.23. The van der Waals surface area contributed by atoms with Crippen molar-refractivity contribution in [1.29, 1.82) is 0 Å². The molecule has 1 N–H and O–H groups in total. The molecule has 0 fully saturated rings. The van der Waals surface area contributed by atoms with E-state index in [9.17, 15) is 0 Å². The minimum Gasteiger partial charge on any atom is -0.506 e. The van der Waals surface area contributed by atoms with Crippen LogP contribution in [-0.4, -0.2) is 14.8 Å². The predicted octanol–water partition coefficient (Wildman–Crippen LogP) is 3.56. The van der Waals surface area contributed by atoms with Gasteiger partial charge >= 0.3 is 0 Å². The highest BCUT2D eigenvalue weighted by Crippen LogP contribution is 2.34. The highest BCUT2D eigenvalue weighted by atomic mass is 32.2. The fraction of sp³-hybridized carbons (Fsp3) is 0.444. The predicted molar refractivity (Wildman–Crippen MR) is 59.4 cm³/mol. The summed E-state index contributed by atoms with van der Waals surface area (Å²) in [4.78, 5) is 4.23. The van der Waals surface area contributed by atoms with Gasteiger partial charge in [0.2, 0.25) is 0 Å². The average molecular weight is 215 g/mol. The van der Waals surface area contributed by atoms with E-state index in [1.165, 1.54) is 11.3 Å². The lowest BCUT2D eigenvalue weighted by Crippen LogP contribution is -2.06. The van der Waals surface area contributed by atoms with Gasteiger partial charge in [0.1, 0.15) is 11.5 Å². The molecule has 0 aliphatic rings. The van der Waals surface area contributed by atoms with Crippen molar-refractivity contribution in [2.24, 2.45) is 0 Å². The Labute approximate surface area is 86.7 Å². The van der Waals surface area contributed by atoms with E-state index in [-0.39, 0.29) is 10.5 Å². The second kappa shape index (κ2) is 3.72. The fourth-order valence-corrected chi connectivity index (χ4v) is 3.01. The molecule has 0 aliphatic heterocycles. The smallest absolute Gasteiger partial charge is 0.151 e. The maximum atomic E-state index is 9.08. The van der Waals surface area contributed by atoms with Crippen LogP contribution in [0.5, 0.6) is 0 Å². The van der Waals surface area contributed by atoms with Crippen LogP contribution in [0, 0.1) is 0 Å². The summed E-state index contributed by atoms with van der Waals surface area (Å²) in [7, 11) is 0. The minimum absolute atomic E-state index is 0.0389. The van der Waals surface area contributed by atoms with E-state index in [0.717, 1.165) is 4.34 Å². The molecule has 0 bridgehead atoms. The number of rotatable bonds is 2. The van der Waals surface area contributed by atoms with Crippen molar-refractivity contribution in [2.75, 3.05) is 0 Å². The van der Waals surface area contributed by atoms with Crippen LogP contribution in [-0.2, 0) is 0 Å². The van der Waals surface area contributed by atoms with Crippen LogP contribution < -0.4 is 0 Å². The molecule has 0 saturated carbocycles. The van der Waals surface area contributed by atoms with Crippen LogP contribution in [0.3, 0.4) is 0 Å². The van der Waals surface area contributed by atoms with Crippen LogP contribution in [0.25, 0.3) is 5.76 Å². The molecule has 1 rings (SSSR count). The molecule has 1 aromatic heterocycles. The number of thiazole rings is 1. The largest absolute Gasteiger partial charge is 0.506 e. The van der Waals surface area contributed by atoms with Gasteiger partial charge in [-0.1, -0.05) is 39.1 Å². The van der Waals surface area contributed by atoms with Crippen molar-refractivity contribution in [3.8, 4) is 0 Å². The normalized spacial score (nSPS) is 11.6. The van der Waals surface area contributed by atoms with Crippen LogP contribution in [0.1, 0.15) is 26.5 Å². The lowest BCUT2D eigenvalue weighted by molar-refractivity contribution is 0.510. The molecule has 13 heavy (non-hydrogen) atoms. The standard InChI is InChI=1S/C9H13NOS2/c1-6(11)7-5-12-8(10-7)13-9(2,3)4/h5,11H,1H2,2-4H3. The summed E-state index contributed by atoms with van der Waals surface area (Å²) in [5.74, 6) is 0.0389. The topological polar surface area (TPSA) is 33.1 Å². The van der Waals surface area contributed by atoms with E-state index < -0.39 is 0 Å². The maximum Gasteiger partial charge on any atom is 0.151 e. The van der Waals surface area contributed by atoms with Gasteiger partial charge in [0.15, 0.2) is 4.34 Å². The molecule has 0 saturated heterocycles. The highest BCUT2D eigenvalue weighted by Gasteiger charge is 2.15. The molecule has 0 radical (unpaired) electrons. The van der Waals surface area contributed by atoms with Gasteiger partial charge in [-0.2, -0.15) is 0 Å². The van der Waals surface area contributed by atoms with Crippen LogP contribution >= 0.6 is 23.1 Å². The van der Waals surface area contributed by atoms with Gasteiger partial charge in [-0.3, -0.25) is 0 Å². The second-order valence-electron chi connectivity index (χ2n) is 3.66. The zero-order valence-electron chi connectivity index (χ0n) is 8.00. The summed E-state index contributed by atoms with van der Waals surface area (Å²) in [6, 6.07) is 0. The SMILES string of the molecule is C=C(O)c1csc(SC(C)(C)C)n1. The van der Waals surface area contributed by atoms with Crippen molar-refractivity contribution in [3.63, 3.8) is 0 Å². The Balaban J connectivity index is 2.75. The first-order chi connectivity index (χ1) is 5.88. The third kappa shape index (κ3) is 3.40. The molecule has 2 nitrogen and oxygen atoms in total. The zero-order chi connectivity index (χ0) is 10.1. The quantitative estimate of drug-likeness (QED) is 0.605. The van der Waals surface area contributed by atoms with Gasteiger partial charge in [-0.05, 0) is 0 Å². The first-order valence-electron chi connectivity index (χ1n) is 3.91. The molecule has 4 heteroatoms. The first kappa shape index (κ1) is 10.6. The Morgan fingerprint density at radius 3 is 2.62 bits per heavy atom. The highest BCUT2D eigenvalue weighted by molar-refractivity contribution is 8.02. The Morgan fingerprint density at radius 2 is 2.23 bits per heavy atom. The van der Waals surface area contributed by atoms with Gasteiger partial charge in [0.05, 0.1) is 0 Å².